The zero-order valence-electron chi connectivity index (χ0n) is 11.7. The van der Waals surface area contributed by atoms with Crippen molar-refractivity contribution in [1.29, 1.82) is 0 Å². The van der Waals surface area contributed by atoms with E-state index in [4.69, 9.17) is 15.0 Å². The molecule has 0 amide bonds. The molecule has 1 aliphatic heterocycles. The molecular formula is C12H20BN3O2S. The molecule has 0 bridgehead atoms. The molecule has 2 heterocycles. The predicted molar refractivity (Wildman–Crippen MR) is 80.9 cm³/mol. The van der Waals surface area contributed by atoms with Gasteiger partial charge in [0.05, 0.1) is 16.9 Å². The van der Waals surface area contributed by atoms with Crippen molar-refractivity contribution in [3.8, 4) is 0 Å². The van der Waals surface area contributed by atoms with Crippen LogP contribution in [0.4, 0.5) is 5.82 Å². The summed E-state index contributed by atoms with van der Waals surface area (Å²) in [6, 6.07) is 1.76. The first-order valence-electron chi connectivity index (χ1n) is 6.23. The smallest absolute Gasteiger partial charge is 0.400 e. The molecule has 0 unspecified atom stereocenters. The third-order valence-electron chi connectivity index (χ3n) is 3.70. The summed E-state index contributed by atoms with van der Waals surface area (Å²) in [6.45, 7) is 8.10. The molecule has 19 heavy (non-hydrogen) atoms. The molecule has 1 aliphatic rings. The van der Waals surface area contributed by atoms with E-state index in [1.54, 1.807) is 6.07 Å². The zero-order chi connectivity index (χ0) is 14.3. The van der Waals surface area contributed by atoms with Gasteiger partial charge < -0.3 is 15.0 Å². The number of rotatable bonds is 3. The van der Waals surface area contributed by atoms with Gasteiger partial charge in [-0.25, -0.2) is 0 Å². The van der Waals surface area contributed by atoms with E-state index in [1.165, 1.54) is 0 Å². The van der Waals surface area contributed by atoms with Gasteiger partial charge in [-0.3, -0.25) is 5.10 Å². The third kappa shape index (κ3) is 2.83. The summed E-state index contributed by atoms with van der Waals surface area (Å²) in [5.41, 5.74) is 6.63. The maximum Gasteiger partial charge on any atom is 0.491 e. The highest BCUT2D eigenvalue weighted by Crippen LogP contribution is 2.38. The Morgan fingerprint density at radius 2 is 2.00 bits per heavy atom. The van der Waals surface area contributed by atoms with Crippen LogP contribution < -0.4 is 5.73 Å². The van der Waals surface area contributed by atoms with Gasteiger partial charge in [0.2, 0.25) is 0 Å². The van der Waals surface area contributed by atoms with Gasteiger partial charge >= 0.3 is 7.12 Å². The molecule has 0 atom stereocenters. The first-order chi connectivity index (χ1) is 8.75. The van der Waals surface area contributed by atoms with E-state index in [0.29, 0.717) is 11.6 Å². The maximum atomic E-state index is 5.99. The number of H-pyrrole nitrogens is 1. The minimum atomic E-state index is -0.396. The van der Waals surface area contributed by atoms with Crippen molar-refractivity contribution in [3.05, 3.63) is 17.2 Å². The second-order valence-electron chi connectivity index (χ2n) is 5.71. The van der Waals surface area contributed by atoms with Crippen LogP contribution in [0, 0.1) is 0 Å². The van der Waals surface area contributed by atoms with Crippen molar-refractivity contribution in [1.82, 2.24) is 10.2 Å². The number of aromatic nitrogens is 2. The molecule has 1 aromatic rings. The molecule has 1 fully saturated rings. The summed E-state index contributed by atoms with van der Waals surface area (Å²) in [4.78, 5) is 0. The number of nitrogens with zero attached hydrogens (tertiary/aromatic N) is 1. The first kappa shape index (κ1) is 14.5. The predicted octanol–water partition coefficient (Wildman–Crippen LogP) is 1.94. The van der Waals surface area contributed by atoms with Gasteiger partial charge in [-0.1, -0.05) is 0 Å². The van der Waals surface area contributed by atoms with Crippen molar-refractivity contribution in [2.75, 3.05) is 11.5 Å². The Kier molecular flexibility index (Phi) is 3.73. The van der Waals surface area contributed by atoms with E-state index in [2.05, 4.69) is 22.8 Å². The summed E-state index contributed by atoms with van der Waals surface area (Å²) in [5, 5.41) is 6.73. The Hall–Kier alpha value is -0.915. The Morgan fingerprint density at radius 3 is 2.42 bits per heavy atom. The maximum absolute atomic E-state index is 5.99. The Labute approximate surface area is 119 Å². The van der Waals surface area contributed by atoms with Crippen molar-refractivity contribution in [2.24, 2.45) is 0 Å². The van der Waals surface area contributed by atoms with Gasteiger partial charge in [-0.2, -0.15) is 17.7 Å². The van der Waals surface area contributed by atoms with Crippen LogP contribution in [0.3, 0.4) is 0 Å². The average molecular weight is 281 g/mol. The zero-order valence-corrected chi connectivity index (χ0v) is 12.6. The van der Waals surface area contributed by atoms with E-state index < -0.39 is 7.12 Å². The summed E-state index contributed by atoms with van der Waals surface area (Å²) in [5.74, 6) is 0.995. The average Bonchev–Trinajstić information content (AvgIpc) is 2.78. The fraction of sp³-hybridized carbons (Fsp3) is 0.583. The van der Waals surface area contributed by atoms with Crippen molar-refractivity contribution in [2.45, 2.75) is 38.9 Å². The van der Waals surface area contributed by atoms with Gasteiger partial charge in [-0.05, 0) is 39.2 Å². The van der Waals surface area contributed by atoms with E-state index in [-0.39, 0.29) is 11.2 Å². The fourth-order valence-electron chi connectivity index (χ4n) is 1.81. The first-order valence-corrected chi connectivity index (χ1v) is 6.86. The van der Waals surface area contributed by atoms with Crippen LogP contribution in [-0.4, -0.2) is 34.3 Å². The van der Waals surface area contributed by atoms with E-state index in [9.17, 15) is 0 Å². The minimum Gasteiger partial charge on any atom is -0.400 e. The summed E-state index contributed by atoms with van der Waals surface area (Å²) >= 11 is 4.35. The van der Waals surface area contributed by atoms with E-state index >= 15 is 0 Å². The molecule has 104 valence electrons. The monoisotopic (exact) mass is 281 g/mol. The summed E-state index contributed by atoms with van der Waals surface area (Å²) in [7, 11) is -0.396. The van der Waals surface area contributed by atoms with Crippen LogP contribution in [-0.2, 0) is 9.31 Å². The van der Waals surface area contributed by atoms with Crippen LogP contribution in [0.15, 0.2) is 11.5 Å². The number of nitrogen functional groups attached to an aromatic ring is 1. The second kappa shape index (κ2) is 4.88. The molecule has 1 aromatic heterocycles. The quantitative estimate of drug-likeness (QED) is 0.584. The van der Waals surface area contributed by atoms with Crippen LogP contribution in [0.2, 0.25) is 0 Å². The van der Waals surface area contributed by atoms with Gasteiger partial charge in [0.1, 0.15) is 5.82 Å². The molecule has 5 nitrogen and oxygen atoms in total. The summed E-state index contributed by atoms with van der Waals surface area (Å²) < 4.78 is 12.0. The summed E-state index contributed by atoms with van der Waals surface area (Å²) in [6.07, 6.45) is 1.92. The number of anilines is 1. The molecule has 0 radical (unpaired) electrons. The van der Waals surface area contributed by atoms with Crippen LogP contribution in [0.1, 0.15) is 33.4 Å². The molecule has 2 rings (SSSR count). The van der Waals surface area contributed by atoms with Crippen LogP contribution >= 0.6 is 12.6 Å². The SMILES string of the molecule is CC1(C)OB(C(=Cc2cc(N)n[nH]2)CS)OC1(C)C. The Balaban J connectivity index is 2.23. The molecule has 7 heteroatoms. The van der Waals surface area contributed by atoms with Crippen LogP contribution in [0.25, 0.3) is 6.08 Å². The molecular weight excluding hydrogens is 261 g/mol. The van der Waals surface area contributed by atoms with E-state index in [0.717, 1.165) is 11.2 Å². The van der Waals surface area contributed by atoms with Gasteiger partial charge in [0, 0.05) is 11.8 Å². The highest BCUT2D eigenvalue weighted by molar-refractivity contribution is 7.80. The van der Waals surface area contributed by atoms with Crippen molar-refractivity contribution in [3.63, 3.8) is 0 Å². The lowest BCUT2D eigenvalue weighted by Gasteiger charge is -2.32. The van der Waals surface area contributed by atoms with E-state index in [1.807, 2.05) is 33.8 Å². The largest absolute Gasteiger partial charge is 0.491 e. The Bertz CT molecular complexity index is 483. The molecule has 1 saturated heterocycles. The highest BCUT2D eigenvalue weighted by Gasteiger charge is 2.52. The fourth-order valence-corrected chi connectivity index (χ4v) is 2.05. The van der Waals surface area contributed by atoms with Crippen molar-refractivity contribution >= 4 is 31.6 Å². The second-order valence-corrected chi connectivity index (χ2v) is 6.03. The van der Waals surface area contributed by atoms with Gasteiger partial charge in [0.15, 0.2) is 0 Å². The number of hydrogen-bond donors (Lipinski definition) is 3. The third-order valence-corrected chi connectivity index (χ3v) is 4.06. The van der Waals surface area contributed by atoms with Gasteiger partial charge in [-0.15, -0.1) is 0 Å². The molecule has 0 aromatic carbocycles. The number of aromatic amines is 1. The standard InChI is InChI=1S/C12H20BN3O2S/c1-11(2)12(3,4)18-13(17-11)8(7-19)5-9-6-10(14)16-15-9/h5-6,19H,7H2,1-4H3,(H3,14,15,16). The molecule has 0 saturated carbocycles. The van der Waals surface area contributed by atoms with Gasteiger partial charge in [0.25, 0.3) is 0 Å². The molecule has 0 spiro atoms. The number of hydrogen-bond acceptors (Lipinski definition) is 5. The molecule has 3 N–H and O–H groups in total. The normalized spacial score (nSPS) is 21.9. The van der Waals surface area contributed by atoms with Crippen LogP contribution in [0.5, 0.6) is 0 Å². The lowest BCUT2D eigenvalue weighted by Crippen LogP contribution is -2.41. The lowest BCUT2D eigenvalue weighted by atomic mass is 9.78. The Morgan fingerprint density at radius 1 is 1.42 bits per heavy atom. The highest BCUT2D eigenvalue weighted by atomic mass is 32.1. The number of thiol groups is 1. The lowest BCUT2D eigenvalue weighted by molar-refractivity contribution is 0.00578. The number of nitrogens with two attached hydrogens (primary N) is 1. The van der Waals surface area contributed by atoms with Crippen molar-refractivity contribution < 1.29 is 9.31 Å². The minimum absolute atomic E-state index is 0.354. The number of nitrogens with one attached hydrogen (secondary N) is 1. The molecule has 0 aliphatic carbocycles. The topological polar surface area (TPSA) is 73.2 Å².